The predicted molar refractivity (Wildman–Crippen MR) is 107 cm³/mol. The Balaban J connectivity index is 0.000000621. The number of carboxylic acids is 1. The zero-order chi connectivity index (χ0) is 21.4. The summed E-state index contributed by atoms with van der Waals surface area (Å²) in [6, 6.07) is 7.15. The third-order valence-electron chi connectivity index (χ3n) is 3.90. The van der Waals surface area contributed by atoms with E-state index in [1.165, 1.54) is 6.08 Å². The second kappa shape index (κ2) is 15.7. The maximum Gasteiger partial charge on any atom is 0.330 e. The van der Waals surface area contributed by atoms with Crippen LogP contribution in [0.3, 0.4) is 0 Å². The molecule has 7 heteroatoms. The Hall–Kier alpha value is -2.38. The number of aliphatic carboxylic acids is 1. The second-order valence-electron chi connectivity index (χ2n) is 6.16. The van der Waals surface area contributed by atoms with Crippen molar-refractivity contribution in [2.75, 3.05) is 20.3 Å². The van der Waals surface area contributed by atoms with Gasteiger partial charge in [0.05, 0.1) is 19.6 Å². The van der Waals surface area contributed by atoms with Crippen molar-refractivity contribution in [1.82, 2.24) is 0 Å². The summed E-state index contributed by atoms with van der Waals surface area (Å²) in [5.74, 6) is -0.588. The van der Waals surface area contributed by atoms with Crippen molar-refractivity contribution in [3.8, 4) is 5.75 Å². The van der Waals surface area contributed by atoms with E-state index in [-0.39, 0.29) is 12.5 Å². The maximum atomic E-state index is 11.2. The van der Waals surface area contributed by atoms with E-state index in [0.717, 1.165) is 37.0 Å². The fourth-order valence-electron chi connectivity index (χ4n) is 2.11. The van der Waals surface area contributed by atoms with Gasteiger partial charge in [-0.2, -0.15) is 0 Å². The van der Waals surface area contributed by atoms with Crippen molar-refractivity contribution < 1.29 is 34.4 Å². The first kappa shape index (κ1) is 25.6. The van der Waals surface area contributed by atoms with Crippen molar-refractivity contribution in [2.24, 2.45) is 5.92 Å². The number of hydrogen-bond donors (Lipinski definition) is 3. The summed E-state index contributed by atoms with van der Waals surface area (Å²) >= 11 is 0. The lowest BCUT2D eigenvalue weighted by atomic mass is 10.00. The molecule has 1 rings (SSSR count). The molecule has 158 valence electrons. The van der Waals surface area contributed by atoms with Crippen molar-refractivity contribution in [1.29, 1.82) is 0 Å². The lowest BCUT2D eigenvalue weighted by molar-refractivity contribution is -0.142. The van der Waals surface area contributed by atoms with Gasteiger partial charge in [-0.05, 0) is 36.6 Å². The summed E-state index contributed by atoms with van der Waals surface area (Å²) in [6.07, 6.45) is 5.52. The zero-order valence-corrected chi connectivity index (χ0v) is 16.8. The number of esters is 1. The molecule has 28 heavy (non-hydrogen) atoms. The number of hydrogen-bond acceptors (Lipinski definition) is 6. The van der Waals surface area contributed by atoms with Gasteiger partial charge in [0.25, 0.3) is 0 Å². The first-order valence-electron chi connectivity index (χ1n) is 9.38. The molecule has 0 saturated heterocycles. The lowest BCUT2D eigenvalue weighted by Crippen LogP contribution is -2.21. The van der Waals surface area contributed by atoms with E-state index in [2.05, 4.69) is 6.92 Å². The van der Waals surface area contributed by atoms with Crippen molar-refractivity contribution >= 4 is 18.0 Å². The molecule has 1 aromatic rings. The minimum atomic E-state index is -1.04. The molecule has 0 bridgehead atoms. The van der Waals surface area contributed by atoms with Gasteiger partial charge < -0.3 is 24.8 Å². The summed E-state index contributed by atoms with van der Waals surface area (Å²) < 4.78 is 9.71. The summed E-state index contributed by atoms with van der Waals surface area (Å²) in [6.45, 7) is 3.35. The molecule has 2 unspecified atom stereocenters. The monoisotopic (exact) mass is 396 g/mol. The summed E-state index contributed by atoms with van der Waals surface area (Å²) in [4.78, 5) is 21.7. The molecule has 0 radical (unpaired) electrons. The van der Waals surface area contributed by atoms with Crippen LogP contribution in [0.5, 0.6) is 5.75 Å². The van der Waals surface area contributed by atoms with Crippen LogP contribution in [0.25, 0.3) is 6.08 Å². The molecular weight excluding hydrogens is 364 g/mol. The van der Waals surface area contributed by atoms with Crippen LogP contribution in [-0.2, 0) is 14.3 Å². The fourth-order valence-corrected chi connectivity index (χ4v) is 2.11. The Morgan fingerprint density at radius 1 is 1.18 bits per heavy atom. The summed E-state index contributed by atoms with van der Waals surface area (Å²) in [5, 5.41) is 26.1. The normalized spacial score (nSPS) is 12.6. The van der Waals surface area contributed by atoms with E-state index in [1.807, 2.05) is 6.92 Å². The highest BCUT2D eigenvalue weighted by Crippen LogP contribution is 2.12. The number of aliphatic hydroxyl groups excluding tert-OH is 2. The highest BCUT2D eigenvalue weighted by Gasteiger charge is 2.12. The molecule has 2 atom stereocenters. The number of ether oxygens (including phenoxy) is 2. The van der Waals surface area contributed by atoms with Gasteiger partial charge in [-0.3, -0.25) is 4.79 Å². The van der Waals surface area contributed by atoms with Gasteiger partial charge in [-0.1, -0.05) is 38.8 Å². The largest absolute Gasteiger partial charge is 0.497 e. The molecular formula is C21H32O7. The Bertz CT molecular complexity index is 581. The van der Waals surface area contributed by atoms with Crippen LogP contribution in [0.1, 0.15) is 45.1 Å². The molecule has 0 saturated carbocycles. The maximum absolute atomic E-state index is 11.2. The van der Waals surface area contributed by atoms with Gasteiger partial charge in [-0.25, -0.2) is 4.79 Å². The molecule has 1 aromatic carbocycles. The van der Waals surface area contributed by atoms with Crippen LogP contribution >= 0.6 is 0 Å². The van der Waals surface area contributed by atoms with E-state index >= 15 is 0 Å². The number of aliphatic hydroxyl groups is 2. The Labute approximate surface area is 166 Å². The van der Waals surface area contributed by atoms with Crippen LogP contribution < -0.4 is 4.74 Å². The van der Waals surface area contributed by atoms with Crippen LogP contribution in [0.15, 0.2) is 30.3 Å². The predicted octanol–water partition coefficient (Wildman–Crippen LogP) is 2.89. The first-order chi connectivity index (χ1) is 13.4. The quantitative estimate of drug-likeness (QED) is 0.389. The van der Waals surface area contributed by atoms with Crippen LogP contribution in [0.2, 0.25) is 0 Å². The number of carboxylic acid groups (broad SMARTS) is 1. The number of methoxy groups -OCH3 is 1. The van der Waals surface area contributed by atoms with Crippen molar-refractivity contribution in [3.05, 3.63) is 35.9 Å². The van der Waals surface area contributed by atoms with Gasteiger partial charge in [0.15, 0.2) is 0 Å². The Morgan fingerprint density at radius 2 is 1.82 bits per heavy atom. The fraction of sp³-hybridized carbons (Fsp3) is 0.524. The summed E-state index contributed by atoms with van der Waals surface area (Å²) in [7, 11) is 1.58. The molecule has 7 nitrogen and oxygen atoms in total. The van der Waals surface area contributed by atoms with E-state index in [4.69, 9.17) is 24.8 Å². The molecule has 0 aliphatic carbocycles. The number of benzene rings is 1. The van der Waals surface area contributed by atoms with E-state index < -0.39 is 24.6 Å². The van der Waals surface area contributed by atoms with Crippen molar-refractivity contribution in [3.63, 3.8) is 0 Å². The Morgan fingerprint density at radius 3 is 2.29 bits per heavy atom. The average Bonchev–Trinajstić information content (AvgIpc) is 2.71. The van der Waals surface area contributed by atoms with E-state index in [9.17, 15) is 9.59 Å². The lowest BCUT2D eigenvalue weighted by Gasteiger charge is -2.06. The molecule has 0 aliphatic rings. The number of unbranched alkanes of at least 4 members (excludes halogenated alkanes) is 1. The SMILES string of the molecule is CCCCC(CC)C(=O)O.COc1ccc(C=CC(=O)OCC(O)CO)cc1. The standard InChI is InChI=1S/C13H16O5.C8H16O2/c1-17-12-5-2-10(3-6-12)4-7-13(16)18-9-11(15)8-14;1-3-5-6-7(4-2)8(9)10/h2-7,11,14-15H,8-9H2,1H3;7H,3-6H2,1-2H3,(H,9,10). The molecule has 0 aliphatic heterocycles. The van der Waals surface area contributed by atoms with Crippen LogP contribution in [-0.4, -0.2) is 53.7 Å². The zero-order valence-electron chi connectivity index (χ0n) is 16.8. The molecule has 0 amide bonds. The van der Waals surface area contributed by atoms with E-state index in [0.29, 0.717) is 0 Å². The number of carbonyl (C=O) groups is 2. The molecule has 0 heterocycles. The van der Waals surface area contributed by atoms with Gasteiger partial charge in [0, 0.05) is 6.08 Å². The Kier molecular flexibility index (Phi) is 14.3. The summed E-state index contributed by atoms with van der Waals surface area (Å²) in [5.41, 5.74) is 0.829. The third kappa shape index (κ3) is 12.1. The highest BCUT2D eigenvalue weighted by atomic mass is 16.5. The van der Waals surface area contributed by atoms with Crippen LogP contribution in [0, 0.1) is 5.92 Å². The molecule has 0 spiro atoms. The van der Waals surface area contributed by atoms with Crippen LogP contribution in [0.4, 0.5) is 0 Å². The number of rotatable bonds is 11. The third-order valence-corrected chi connectivity index (χ3v) is 3.90. The highest BCUT2D eigenvalue weighted by molar-refractivity contribution is 5.87. The van der Waals surface area contributed by atoms with Crippen molar-refractivity contribution in [2.45, 2.75) is 45.6 Å². The minimum Gasteiger partial charge on any atom is -0.497 e. The van der Waals surface area contributed by atoms with E-state index in [1.54, 1.807) is 37.5 Å². The van der Waals surface area contributed by atoms with Gasteiger partial charge in [0.2, 0.25) is 0 Å². The van der Waals surface area contributed by atoms with Gasteiger partial charge in [0.1, 0.15) is 18.5 Å². The first-order valence-corrected chi connectivity index (χ1v) is 9.38. The topological polar surface area (TPSA) is 113 Å². The minimum absolute atomic E-state index is 0.111. The van der Waals surface area contributed by atoms with Gasteiger partial charge in [-0.15, -0.1) is 0 Å². The molecule has 3 N–H and O–H groups in total. The smallest absolute Gasteiger partial charge is 0.330 e. The molecule has 0 aromatic heterocycles. The second-order valence-corrected chi connectivity index (χ2v) is 6.16. The van der Waals surface area contributed by atoms with Gasteiger partial charge >= 0.3 is 11.9 Å². The average molecular weight is 396 g/mol. The molecule has 0 fully saturated rings. The number of carbonyl (C=O) groups excluding carboxylic acids is 1.